The molecule has 1 amide bonds. The maximum absolute atomic E-state index is 12.8. The molecule has 0 spiro atoms. The summed E-state index contributed by atoms with van der Waals surface area (Å²) in [5, 5.41) is 3.40. The fraction of sp³-hybridized carbons (Fsp3) is 0.350. The minimum Gasteiger partial charge on any atom is -0.348 e. The molecule has 2 atom stereocenters. The van der Waals surface area contributed by atoms with Gasteiger partial charge in [-0.2, -0.15) is 0 Å². The summed E-state index contributed by atoms with van der Waals surface area (Å²) < 4.78 is 25.7. The van der Waals surface area contributed by atoms with E-state index in [1.165, 1.54) is 5.56 Å². The fourth-order valence-electron chi connectivity index (χ4n) is 2.85. The van der Waals surface area contributed by atoms with Gasteiger partial charge in [-0.3, -0.25) is 9.10 Å². The Morgan fingerprint density at radius 2 is 1.63 bits per heavy atom. The Labute approximate surface area is 166 Å². The standard InChI is InChI=1S/C20H25ClN2O3S/c1-13-6-7-17(12-14(13)2)15(3)22-20(24)16(4)23(27(5,25)26)19-10-8-18(21)9-11-19/h6-12,15-16H,1-5H3,(H,22,24)/t15-,16-/m1/s1. The molecule has 0 radical (unpaired) electrons. The predicted molar refractivity (Wildman–Crippen MR) is 111 cm³/mol. The lowest BCUT2D eigenvalue weighted by molar-refractivity contribution is -0.122. The lowest BCUT2D eigenvalue weighted by Gasteiger charge is -2.29. The number of amides is 1. The van der Waals surface area contributed by atoms with E-state index in [4.69, 9.17) is 11.6 Å². The van der Waals surface area contributed by atoms with Gasteiger partial charge in [-0.25, -0.2) is 8.42 Å². The molecule has 0 fully saturated rings. The maximum atomic E-state index is 12.8. The van der Waals surface area contributed by atoms with Crippen LogP contribution in [0.5, 0.6) is 0 Å². The van der Waals surface area contributed by atoms with E-state index in [0.717, 1.165) is 21.7 Å². The number of anilines is 1. The molecule has 2 aromatic rings. The summed E-state index contributed by atoms with van der Waals surface area (Å²) in [6.45, 7) is 7.49. The Balaban J connectivity index is 2.24. The van der Waals surface area contributed by atoms with Crippen LogP contribution in [0.2, 0.25) is 5.02 Å². The Morgan fingerprint density at radius 3 is 2.15 bits per heavy atom. The highest BCUT2D eigenvalue weighted by Gasteiger charge is 2.29. The zero-order chi connectivity index (χ0) is 20.4. The molecule has 0 bridgehead atoms. The molecule has 0 aliphatic rings. The average Bonchev–Trinajstić information content (AvgIpc) is 2.57. The van der Waals surface area contributed by atoms with Crippen LogP contribution >= 0.6 is 11.6 Å². The fourth-order valence-corrected chi connectivity index (χ4v) is 4.15. The predicted octanol–water partition coefficient (Wildman–Crippen LogP) is 3.99. The van der Waals surface area contributed by atoms with Crippen molar-refractivity contribution in [2.45, 2.75) is 39.8 Å². The van der Waals surface area contributed by atoms with Gasteiger partial charge in [0.15, 0.2) is 0 Å². The number of sulfonamides is 1. The molecule has 2 rings (SSSR count). The number of rotatable bonds is 6. The highest BCUT2D eigenvalue weighted by atomic mass is 35.5. The summed E-state index contributed by atoms with van der Waals surface area (Å²) >= 11 is 5.89. The normalized spacial score (nSPS) is 13.7. The van der Waals surface area contributed by atoms with Crippen LogP contribution in [0.15, 0.2) is 42.5 Å². The number of carbonyl (C=O) groups excluding carboxylic acids is 1. The van der Waals surface area contributed by atoms with Gasteiger partial charge in [-0.1, -0.05) is 29.8 Å². The van der Waals surface area contributed by atoms with Gasteiger partial charge in [0.25, 0.3) is 0 Å². The highest BCUT2D eigenvalue weighted by Crippen LogP contribution is 2.24. The second kappa shape index (κ2) is 8.31. The van der Waals surface area contributed by atoms with Gasteiger partial charge in [0.05, 0.1) is 18.0 Å². The van der Waals surface area contributed by atoms with Gasteiger partial charge >= 0.3 is 0 Å². The lowest BCUT2D eigenvalue weighted by Crippen LogP contribution is -2.48. The minimum absolute atomic E-state index is 0.245. The monoisotopic (exact) mass is 408 g/mol. The smallest absolute Gasteiger partial charge is 0.244 e. The zero-order valence-corrected chi connectivity index (χ0v) is 17.7. The summed E-state index contributed by atoms with van der Waals surface area (Å²) in [6, 6.07) is 11.2. The summed E-state index contributed by atoms with van der Waals surface area (Å²) in [5.41, 5.74) is 3.68. The number of aryl methyl sites for hydroxylation is 2. The van der Waals surface area contributed by atoms with Gasteiger partial charge in [-0.15, -0.1) is 0 Å². The molecule has 27 heavy (non-hydrogen) atoms. The van der Waals surface area contributed by atoms with Crippen LogP contribution in [0.25, 0.3) is 0 Å². The van der Waals surface area contributed by atoms with E-state index in [2.05, 4.69) is 5.32 Å². The van der Waals surface area contributed by atoms with Crippen molar-refractivity contribution in [3.8, 4) is 0 Å². The molecule has 2 aromatic carbocycles. The van der Waals surface area contributed by atoms with Crippen LogP contribution in [0.1, 0.15) is 36.6 Å². The third-order valence-corrected chi connectivity index (χ3v) is 6.05. The first-order chi connectivity index (χ1) is 12.5. The highest BCUT2D eigenvalue weighted by molar-refractivity contribution is 7.92. The van der Waals surface area contributed by atoms with Crippen molar-refractivity contribution in [3.63, 3.8) is 0 Å². The molecule has 0 aromatic heterocycles. The van der Waals surface area contributed by atoms with Crippen molar-refractivity contribution < 1.29 is 13.2 Å². The molecule has 0 heterocycles. The van der Waals surface area contributed by atoms with Crippen LogP contribution in [0, 0.1) is 13.8 Å². The second-order valence-electron chi connectivity index (χ2n) is 6.79. The van der Waals surface area contributed by atoms with Crippen molar-refractivity contribution in [2.75, 3.05) is 10.6 Å². The Hall–Kier alpha value is -2.05. The van der Waals surface area contributed by atoms with Crippen molar-refractivity contribution in [1.29, 1.82) is 0 Å². The molecular weight excluding hydrogens is 384 g/mol. The molecule has 1 N–H and O–H groups in total. The first kappa shape index (κ1) is 21.3. The number of nitrogens with one attached hydrogen (secondary N) is 1. The Bertz CT molecular complexity index is 927. The average molecular weight is 409 g/mol. The summed E-state index contributed by atoms with van der Waals surface area (Å²) in [6.07, 6.45) is 1.08. The van der Waals surface area contributed by atoms with Gasteiger partial charge in [0.1, 0.15) is 6.04 Å². The van der Waals surface area contributed by atoms with E-state index in [9.17, 15) is 13.2 Å². The zero-order valence-electron chi connectivity index (χ0n) is 16.2. The SMILES string of the molecule is Cc1ccc([C@@H](C)NC(=O)[C@@H](C)N(c2ccc(Cl)cc2)S(C)(=O)=O)cc1C. The number of benzene rings is 2. The maximum Gasteiger partial charge on any atom is 0.244 e. The number of nitrogens with zero attached hydrogens (tertiary/aromatic N) is 1. The van der Waals surface area contributed by atoms with Gasteiger partial charge in [0, 0.05) is 5.02 Å². The number of carbonyl (C=O) groups is 1. The first-order valence-corrected chi connectivity index (χ1v) is 10.9. The van der Waals surface area contributed by atoms with Gasteiger partial charge < -0.3 is 5.32 Å². The molecular formula is C20H25ClN2O3S. The summed E-state index contributed by atoms with van der Waals surface area (Å²) in [4.78, 5) is 12.8. The van der Waals surface area contributed by atoms with E-state index in [1.54, 1.807) is 31.2 Å². The quantitative estimate of drug-likeness (QED) is 0.785. The molecule has 0 saturated heterocycles. The number of hydrogen-bond acceptors (Lipinski definition) is 3. The Kier molecular flexibility index (Phi) is 6.54. The molecule has 5 nitrogen and oxygen atoms in total. The largest absolute Gasteiger partial charge is 0.348 e. The van der Waals surface area contributed by atoms with Crippen LogP contribution in [0.4, 0.5) is 5.69 Å². The van der Waals surface area contributed by atoms with Crippen molar-refractivity contribution in [3.05, 3.63) is 64.2 Å². The van der Waals surface area contributed by atoms with E-state index < -0.39 is 16.1 Å². The van der Waals surface area contributed by atoms with E-state index in [0.29, 0.717) is 10.7 Å². The van der Waals surface area contributed by atoms with Crippen molar-refractivity contribution >= 4 is 33.2 Å². The lowest BCUT2D eigenvalue weighted by atomic mass is 10.0. The number of hydrogen-bond donors (Lipinski definition) is 1. The molecule has 0 saturated carbocycles. The van der Waals surface area contributed by atoms with Crippen LogP contribution in [-0.2, 0) is 14.8 Å². The van der Waals surface area contributed by atoms with Crippen molar-refractivity contribution in [1.82, 2.24) is 5.32 Å². The third-order valence-electron chi connectivity index (χ3n) is 4.56. The number of halogens is 1. The van der Waals surface area contributed by atoms with Gasteiger partial charge in [-0.05, 0) is 68.7 Å². The van der Waals surface area contributed by atoms with E-state index >= 15 is 0 Å². The van der Waals surface area contributed by atoms with E-state index in [-0.39, 0.29) is 11.9 Å². The molecule has 0 aliphatic carbocycles. The Morgan fingerprint density at radius 1 is 1.04 bits per heavy atom. The first-order valence-electron chi connectivity index (χ1n) is 8.63. The second-order valence-corrected chi connectivity index (χ2v) is 9.08. The third kappa shape index (κ3) is 5.23. The van der Waals surface area contributed by atoms with Gasteiger partial charge in [0.2, 0.25) is 15.9 Å². The molecule has 0 aliphatic heterocycles. The van der Waals surface area contributed by atoms with Crippen LogP contribution in [-0.4, -0.2) is 26.6 Å². The molecule has 0 unspecified atom stereocenters. The van der Waals surface area contributed by atoms with E-state index in [1.807, 2.05) is 39.0 Å². The van der Waals surface area contributed by atoms with Crippen LogP contribution in [0.3, 0.4) is 0 Å². The molecule has 146 valence electrons. The summed E-state index contributed by atoms with van der Waals surface area (Å²) in [7, 11) is -3.66. The summed E-state index contributed by atoms with van der Waals surface area (Å²) in [5.74, 6) is -0.374. The van der Waals surface area contributed by atoms with Crippen molar-refractivity contribution in [2.24, 2.45) is 0 Å². The minimum atomic E-state index is -3.66. The van der Waals surface area contributed by atoms with Crippen LogP contribution < -0.4 is 9.62 Å². The molecule has 7 heteroatoms. The topological polar surface area (TPSA) is 66.5 Å².